The van der Waals surface area contributed by atoms with Crippen LogP contribution in [0.25, 0.3) is 10.2 Å². The first-order chi connectivity index (χ1) is 13.3. The van der Waals surface area contributed by atoms with Crippen molar-refractivity contribution in [2.45, 2.75) is 5.75 Å². The van der Waals surface area contributed by atoms with Gasteiger partial charge in [0.15, 0.2) is 0 Å². The van der Waals surface area contributed by atoms with Gasteiger partial charge in [-0.1, -0.05) is 12.1 Å². The minimum atomic E-state index is -3.42. The largest absolute Gasteiger partial charge is 0.494 e. The summed E-state index contributed by atoms with van der Waals surface area (Å²) in [4.78, 5) is 16.7. The summed E-state index contributed by atoms with van der Waals surface area (Å²) >= 11 is 3.11. The minimum absolute atomic E-state index is 0.156. The Morgan fingerprint density at radius 1 is 1.25 bits per heavy atom. The number of carbonyl (C=O) groups is 1. The topological polar surface area (TPSA) is 97.4 Å². The maximum Gasteiger partial charge on any atom is 0.234 e. The second-order valence-electron chi connectivity index (χ2n) is 5.91. The molecule has 0 aliphatic rings. The van der Waals surface area contributed by atoms with E-state index in [1.54, 1.807) is 29.5 Å². The van der Waals surface area contributed by atoms with Gasteiger partial charge in [0.2, 0.25) is 15.9 Å². The maximum absolute atomic E-state index is 12.2. The highest BCUT2D eigenvalue weighted by Crippen LogP contribution is 2.29. The highest BCUT2D eigenvalue weighted by Gasteiger charge is 2.11. The monoisotopic (exact) mass is 437 g/mol. The standard InChI is InChI=1S/C18H19N3O4S3/c1-25-15-9-12(7-8-13(15)21-28(2,23)24)19-17(22)10-26-11-18-20-14-5-3-4-6-16(14)27-18/h3-9,21H,10-11H2,1-2H3,(H,19,22). The Bertz CT molecular complexity index is 1060. The van der Waals surface area contributed by atoms with Crippen LogP contribution in [0.15, 0.2) is 42.5 Å². The Hall–Kier alpha value is -2.30. The molecule has 148 valence electrons. The number of methoxy groups -OCH3 is 1. The highest BCUT2D eigenvalue weighted by molar-refractivity contribution is 7.99. The molecule has 10 heteroatoms. The molecule has 1 aromatic heterocycles. The van der Waals surface area contributed by atoms with Crippen molar-refractivity contribution in [1.29, 1.82) is 0 Å². The van der Waals surface area contributed by atoms with Crippen molar-refractivity contribution in [3.63, 3.8) is 0 Å². The summed E-state index contributed by atoms with van der Waals surface area (Å²) in [6.45, 7) is 0. The molecule has 0 saturated carbocycles. The van der Waals surface area contributed by atoms with Gasteiger partial charge in [0, 0.05) is 17.5 Å². The first-order valence-corrected chi connectivity index (χ1v) is 12.1. The Kier molecular flexibility index (Phi) is 6.42. The zero-order valence-electron chi connectivity index (χ0n) is 15.3. The van der Waals surface area contributed by atoms with Crippen molar-refractivity contribution in [2.24, 2.45) is 0 Å². The van der Waals surface area contributed by atoms with Gasteiger partial charge in [0.25, 0.3) is 0 Å². The van der Waals surface area contributed by atoms with Crippen LogP contribution < -0.4 is 14.8 Å². The van der Waals surface area contributed by atoms with Gasteiger partial charge in [0.1, 0.15) is 10.8 Å². The number of sulfonamides is 1. The van der Waals surface area contributed by atoms with Crippen LogP contribution in [-0.4, -0.2) is 38.4 Å². The number of para-hydroxylation sites is 1. The molecule has 3 aromatic rings. The number of rotatable bonds is 8. The number of ether oxygens (including phenoxy) is 1. The quantitative estimate of drug-likeness (QED) is 0.559. The normalized spacial score (nSPS) is 11.4. The third-order valence-electron chi connectivity index (χ3n) is 3.58. The van der Waals surface area contributed by atoms with E-state index >= 15 is 0 Å². The third kappa shape index (κ3) is 5.60. The van der Waals surface area contributed by atoms with Gasteiger partial charge in [-0.25, -0.2) is 13.4 Å². The Morgan fingerprint density at radius 2 is 2.04 bits per heavy atom. The minimum Gasteiger partial charge on any atom is -0.494 e. The summed E-state index contributed by atoms with van der Waals surface area (Å²) in [5.74, 6) is 1.11. The molecule has 0 atom stereocenters. The van der Waals surface area contributed by atoms with E-state index in [0.29, 0.717) is 22.9 Å². The first-order valence-electron chi connectivity index (χ1n) is 8.22. The van der Waals surface area contributed by atoms with Crippen LogP contribution in [0.4, 0.5) is 11.4 Å². The molecule has 0 spiro atoms. The molecule has 2 aromatic carbocycles. The Labute approximate surface area is 171 Å². The van der Waals surface area contributed by atoms with Gasteiger partial charge in [-0.3, -0.25) is 9.52 Å². The predicted molar refractivity (Wildman–Crippen MR) is 116 cm³/mol. The number of anilines is 2. The summed E-state index contributed by atoms with van der Waals surface area (Å²) in [5.41, 5.74) is 1.82. The van der Waals surface area contributed by atoms with E-state index in [9.17, 15) is 13.2 Å². The molecule has 0 radical (unpaired) electrons. The molecule has 0 saturated heterocycles. The maximum atomic E-state index is 12.2. The first kappa shape index (κ1) is 20.4. The number of aromatic nitrogens is 1. The number of benzene rings is 2. The van der Waals surface area contributed by atoms with Crippen LogP contribution in [-0.2, 0) is 20.6 Å². The molecule has 0 aliphatic carbocycles. The molecule has 28 heavy (non-hydrogen) atoms. The zero-order valence-corrected chi connectivity index (χ0v) is 17.7. The number of nitrogens with one attached hydrogen (secondary N) is 2. The van der Waals surface area contributed by atoms with E-state index in [4.69, 9.17) is 4.74 Å². The summed E-state index contributed by atoms with van der Waals surface area (Å²) < 4.78 is 31.5. The van der Waals surface area contributed by atoms with E-state index < -0.39 is 10.0 Å². The van der Waals surface area contributed by atoms with Gasteiger partial charge in [-0.05, 0) is 24.3 Å². The number of thiazole rings is 1. The van der Waals surface area contributed by atoms with Crippen molar-refractivity contribution in [3.8, 4) is 5.75 Å². The Balaban J connectivity index is 1.55. The van der Waals surface area contributed by atoms with Crippen molar-refractivity contribution < 1.29 is 17.9 Å². The molecule has 3 rings (SSSR count). The van der Waals surface area contributed by atoms with Gasteiger partial charge < -0.3 is 10.1 Å². The fourth-order valence-corrected chi connectivity index (χ4v) is 4.88. The van der Waals surface area contributed by atoms with Crippen molar-refractivity contribution in [1.82, 2.24) is 4.98 Å². The summed E-state index contributed by atoms with van der Waals surface area (Å²) in [7, 11) is -1.99. The molecular formula is C18H19N3O4S3. The second-order valence-corrected chi connectivity index (χ2v) is 9.75. The predicted octanol–water partition coefficient (Wildman–Crippen LogP) is 3.55. The fourth-order valence-electron chi connectivity index (χ4n) is 2.46. The number of hydrogen-bond acceptors (Lipinski definition) is 7. The SMILES string of the molecule is COc1cc(NC(=O)CSCc2nc3ccccc3s2)ccc1NS(C)(=O)=O. The molecular weight excluding hydrogens is 418 g/mol. The lowest BCUT2D eigenvalue weighted by Gasteiger charge is -2.12. The van der Waals surface area contributed by atoms with Crippen molar-refractivity contribution in [2.75, 3.05) is 29.2 Å². The number of nitrogens with zero attached hydrogens (tertiary/aromatic N) is 1. The van der Waals surface area contributed by atoms with Crippen LogP contribution in [0.5, 0.6) is 5.75 Å². The lowest BCUT2D eigenvalue weighted by atomic mass is 10.2. The number of amides is 1. The molecule has 1 amide bonds. The van der Waals surface area contributed by atoms with Gasteiger partial charge in [-0.15, -0.1) is 23.1 Å². The highest BCUT2D eigenvalue weighted by atomic mass is 32.2. The smallest absolute Gasteiger partial charge is 0.234 e. The molecule has 0 unspecified atom stereocenters. The van der Waals surface area contributed by atoms with Crippen LogP contribution >= 0.6 is 23.1 Å². The van der Waals surface area contributed by atoms with Crippen molar-refractivity contribution >= 4 is 60.6 Å². The number of fused-ring (bicyclic) bond motifs is 1. The van der Waals surface area contributed by atoms with Gasteiger partial charge >= 0.3 is 0 Å². The van der Waals surface area contributed by atoms with Gasteiger partial charge in [0.05, 0.1) is 35.0 Å². The summed E-state index contributed by atoms with van der Waals surface area (Å²) in [6, 6.07) is 12.7. The van der Waals surface area contributed by atoms with Crippen LogP contribution in [0.3, 0.4) is 0 Å². The second kappa shape index (κ2) is 8.80. The number of hydrogen-bond donors (Lipinski definition) is 2. The van der Waals surface area contributed by atoms with Crippen LogP contribution in [0, 0.1) is 0 Å². The summed E-state index contributed by atoms with van der Waals surface area (Å²) in [6.07, 6.45) is 1.06. The van der Waals surface area contributed by atoms with Crippen molar-refractivity contribution in [3.05, 3.63) is 47.5 Å². The van der Waals surface area contributed by atoms with Crippen LogP contribution in [0.2, 0.25) is 0 Å². The van der Waals surface area contributed by atoms with E-state index in [2.05, 4.69) is 15.0 Å². The average Bonchev–Trinajstić information content (AvgIpc) is 3.04. The average molecular weight is 438 g/mol. The number of thioether (sulfide) groups is 1. The third-order valence-corrected chi connectivity index (χ3v) is 6.33. The van der Waals surface area contributed by atoms with Gasteiger partial charge in [-0.2, -0.15) is 0 Å². The molecule has 0 aliphatic heterocycles. The Morgan fingerprint density at radius 3 is 2.75 bits per heavy atom. The molecule has 0 fully saturated rings. The van der Waals surface area contributed by atoms with E-state index in [0.717, 1.165) is 21.5 Å². The lowest BCUT2D eigenvalue weighted by molar-refractivity contribution is -0.113. The fraction of sp³-hybridized carbons (Fsp3) is 0.222. The van der Waals surface area contributed by atoms with E-state index in [-0.39, 0.29) is 11.7 Å². The number of carbonyl (C=O) groups excluding carboxylic acids is 1. The lowest BCUT2D eigenvalue weighted by Crippen LogP contribution is -2.15. The molecule has 7 nitrogen and oxygen atoms in total. The molecule has 0 bridgehead atoms. The van der Waals surface area contributed by atoms with E-state index in [1.807, 2.05) is 24.3 Å². The van der Waals surface area contributed by atoms with Crippen LogP contribution in [0.1, 0.15) is 5.01 Å². The van der Waals surface area contributed by atoms with E-state index in [1.165, 1.54) is 18.9 Å². The molecule has 2 N–H and O–H groups in total. The molecule has 1 heterocycles. The zero-order chi connectivity index (χ0) is 20.1. The summed E-state index contributed by atoms with van der Waals surface area (Å²) in [5, 5.41) is 3.77.